The highest BCUT2D eigenvalue weighted by Gasteiger charge is 2.21. The molecule has 0 saturated carbocycles. The molecule has 0 spiro atoms. The lowest BCUT2D eigenvalue weighted by molar-refractivity contribution is 0.619. The Balaban J connectivity index is 1.13. The van der Waals surface area contributed by atoms with Crippen molar-refractivity contribution in [1.82, 2.24) is 9.13 Å². The van der Waals surface area contributed by atoms with Crippen LogP contribution >= 0.6 is 0 Å². The molecule has 0 aliphatic heterocycles. The van der Waals surface area contributed by atoms with Crippen LogP contribution in [-0.2, 0) is 0 Å². The Morgan fingerprint density at radius 1 is 0.340 bits per heavy atom. The van der Waals surface area contributed by atoms with Gasteiger partial charge in [-0.05, 0) is 102 Å². The molecular weight excluding hydrogens is 657 g/mol. The summed E-state index contributed by atoms with van der Waals surface area (Å²) in [7, 11) is 0. The lowest BCUT2D eigenvalue weighted by Gasteiger charge is -2.26. The van der Waals surface area contributed by atoms with E-state index in [2.05, 4.69) is 112 Å². The number of rotatable bonds is 6. The quantitative estimate of drug-likeness (QED) is 0.170. The van der Waals surface area contributed by atoms with Gasteiger partial charge in [-0.1, -0.05) is 97.1 Å². The Labute approximate surface area is 304 Å². The summed E-state index contributed by atoms with van der Waals surface area (Å²) in [6.45, 7) is 0. The molecule has 10 rings (SSSR count). The van der Waals surface area contributed by atoms with Crippen molar-refractivity contribution in [2.75, 3.05) is 4.90 Å². The normalized spacial score (nSPS) is 11.6. The SMILES string of the molecule is Fc1ccccc1N(c1cccc(-n2c3ccccc3c3cc(-c4ccc5c(c4)c4ccccc4n5-c4ccccc4)ccc32)c1)c1ccccc1F. The van der Waals surface area contributed by atoms with E-state index >= 15 is 8.78 Å². The summed E-state index contributed by atoms with van der Waals surface area (Å²) in [5.74, 6) is -0.873. The number of fused-ring (bicyclic) bond motifs is 6. The fourth-order valence-corrected chi connectivity index (χ4v) is 7.88. The molecule has 0 aliphatic carbocycles. The second-order valence-electron chi connectivity index (χ2n) is 13.3. The third-order valence-electron chi connectivity index (χ3n) is 10.2. The molecule has 10 aromatic rings. The minimum atomic E-state index is -0.437. The average molecular weight is 688 g/mol. The van der Waals surface area contributed by atoms with Crippen LogP contribution in [-0.4, -0.2) is 9.13 Å². The van der Waals surface area contributed by atoms with Gasteiger partial charge < -0.3 is 14.0 Å². The molecule has 0 unspecified atom stereocenters. The first kappa shape index (κ1) is 30.8. The summed E-state index contributed by atoms with van der Waals surface area (Å²) in [5, 5.41) is 4.66. The first-order valence-electron chi connectivity index (χ1n) is 17.7. The molecule has 0 aliphatic rings. The minimum absolute atomic E-state index is 0.269. The fraction of sp³-hybridized carbons (Fsp3) is 0. The van der Waals surface area contributed by atoms with Crippen LogP contribution in [0.2, 0.25) is 0 Å². The molecule has 0 bridgehead atoms. The predicted molar refractivity (Wildman–Crippen MR) is 215 cm³/mol. The molecule has 3 nitrogen and oxygen atoms in total. The Kier molecular flexibility index (Phi) is 7.18. The van der Waals surface area contributed by atoms with Gasteiger partial charge in [0.15, 0.2) is 0 Å². The van der Waals surface area contributed by atoms with Gasteiger partial charge in [0.25, 0.3) is 0 Å². The van der Waals surface area contributed by atoms with Crippen molar-refractivity contribution in [2.45, 2.75) is 0 Å². The molecule has 2 heterocycles. The van der Waals surface area contributed by atoms with Crippen molar-refractivity contribution in [3.8, 4) is 22.5 Å². The molecule has 0 amide bonds. The van der Waals surface area contributed by atoms with Gasteiger partial charge in [0, 0.05) is 38.6 Å². The highest BCUT2D eigenvalue weighted by atomic mass is 19.1. The Morgan fingerprint density at radius 3 is 1.36 bits per heavy atom. The topological polar surface area (TPSA) is 13.1 Å². The van der Waals surface area contributed by atoms with Gasteiger partial charge in [-0.3, -0.25) is 0 Å². The second-order valence-corrected chi connectivity index (χ2v) is 13.3. The molecular formula is C48H31F2N3. The van der Waals surface area contributed by atoms with E-state index in [1.54, 1.807) is 41.3 Å². The van der Waals surface area contributed by atoms with Gasteiger partial charge in [-0.2, -0.15) is 0 Å². The van der Waals surface area contributed by atoms with E-state index in [0.717, 1.165) is 44.3 Å². The van der Waals surface area contributed by atoms with Gasteiger partial charge in [-0.25, -0.2) is 8.78 Å². The molecule has 0 N–H and O–H groups in total. The molecule has 53 heavy (non-hydrogen) atoms. The first-order chi connectivity index (χ1) is 26.1. The number of hydrogen-bond donors (Lipinski definition) is 0. The second kappa shape index (κ2) is 12.4. The Bertz CT molecular complexity index is 2950. The van der Waals surface area contributed by atoms with E-state index in [0.29, 0.717) is 5.69 Å². The number of hydrogen-bond acceptors (Lipinski definition) is 1. The number of halogens is 2. The standard InChI is InChI=1S/C48H31F2N3/c49-41-19-6-10-23-47(41)53(48-24-11-7-20-42(48)50)36-16-12-15-35(31-36)52-44-22-9-5-18-38(44)40-30-33(26-28-46(40)52)32-25-27-45-39(29-32)37-17-4-8-21-43(37)51(45)34-13-2-1-3-14-34/h1-31H. The predicted octanol–water partition coefficient (Wildman–Crippen LogP) is 13.3. The lowest BCUT2D eigenvalue weighted by Crippen LogP contribution is -2.13. The van der Waals surface area contributed by atoms with Crippen molar-refractivity contribution in [1.29, 1.82) is 0 Å². The van der Waals surface area contributed by atoms with Crippen molar-refractivity contribution in [3.63, 3.8) is 0 Å². The molecule has 0 fully saturated rings. The molecule has 252 valence electrons. The van der Waals surface area contributed by atoms with Crippen LogP contribution in [0.15, 0.2) is 188 Å². The molecule has 0 atom stereocenters. The van der Waals surface area contributed by atoms with Crippen LogP contribution in [0.1, 0.15) is 0 Å². The summed E-state index contributed by atoms with van der Waals surface area (Å²) < 4.78 is 35.3. The largest absolute Gasteiger partial charge is 0.309 e. The number of benzene rings is 8. The summed E-state index contributed by atoms with van der Waals surface area (Å²) in [5.41, 5.74) is 9.88. The van der Waals surface area contributed by atoms with Gasteiger partial charge in [0.2, 0.25) is 0 Å². The van der Waals surface area contributed by atoms with E-state index in [9.17, 15) is 0 Å². The molecule has 0 saturated heterocycles. The van der Waals surface area contributed by atoms with Crippen LogP contribution in [0.4, 0.5) is 25.8 Å². The summed E-state index contributed by atoms with van der Waals surface area (Å²) in [6.07, 6.45) is 0. The highest BCUT2D eigenvalue weighted by molar-refractivity contribution is 6.12. The fourth-order valence-electron chi connectivity index (χ4n) is 7.88. The summed E-state index contributed by atoms with van der Waals surface area (Å²) >= 11 is 0. The smallest absolute Gasteiger partial charge is 0.147 e. The lowest BCUT2D eigenvalue weighted by atomic mass is 10.0. The molecule has 8 aromatic carbocycles. The van der Waals surface area contributed by atoms with Crippen LogP contribution in [0, 0.1) is 11.6 Å². The van der Waals surface area contributed by atoms with Crippen LogP contribution < -0.4 is 4.90 Å². The zero-order chi connectivity index (χ0) is 35.5. The van der Waals surface area contributed by atoms with E-state index in [1.165, 1.54) is 33.9 Å². The highest BCUT2D eigenvalue weighted by Crippen LogP contribution is 2.41. The monoisotopic (exact) mass is 687 g/mol. The zero-order valence-corrected chi connectivity index (χ0v) is 28.5. The maximum absolute atomic E-state index is 15.4. The maximum atomic E-state index is 15.4. The third kappa shape index (κ3) is 5.01. The van der Waals surface area contributed by atoms with Gasteiger partial charge in [0.05, 0.1) is 33.4 Å². The van der Waals surface area contributed by atoms with Crippen molar-refractivity contribution >= 4 is 60.7 Å². The molecule has 5 heteroatoms. The summed E-state index contributed by atoms with van der Waals surface area (Å²) in [6, 6.07) is 61.7. The molecule has 0 radical (unpaired) electrons. The zero-order valence-electron chi connectivity index (χ0n) is 28.5. The average Bonchev–Trinajstić information content (AvgIpc) is 3.72. The Morgan fingerprint density at radius 2 is 0.792 bits per heavy atom. The number of nitrogens with zero attached hydrogens (tertiary/aromatic N) is 3. The van der Waals surface area contributed by atoms with Crippen LogP contribution in [0.25, 0.3) is 66.1 Å². The molecule has 2 aromatic heterocycles. The third-order valence-corrected chi connectivity index (χ3v) is 10.2. The van der Waals surface area contributed by atoms with Gasteiger partial charge >= 0.3 is 0 Å². The van der Waals surface area contributed by atoms with Gasteiger partial charge in [0.1, 0.15) is 11.6 Å². The Hall–Kier alpha value is -6.98. The van der Waals surface area contributed by atoms with E-state index in [1.807, 2.05) is 36.4 Å². The van der Waals surface area contributed by atoms with Crippen LogP contribution in [0.3, 0.4) is 0 Å². The van der Waals surface area contributed by atoms with Gasteiger partial charge in [-0.15, -0.1) is 0 Å². The van der Waals surface area contributed by atoms with E-state index in [-0.39, 0.29) is 11.4 Å². The van der Waals surface area contributed by atoms with E-state index < -0.39 is 11.6 Å². The maximum Gasteiger partial charge on any atom is 0.147 e. The number of anilines is 3. The minimum Gasteiger partial charge on any atom is -0.309 e. The van der Waals surface area contributed by atoms with E-state index in [4.69, 9.17) is 0 Å². The van der Waals surface area contributed by atoms with Crippen molar-refractivity contribution in [2.24, 2.45) is 0 Å². The first-order valence-corrected chi connectivity index (χ1v) is 17.7. The van der Waals surface area contributed by atoms with Crippen molar-refractivity contribution in [3.05, 3.63) is 200 Å². The number of aromatic nitrogens is 2. The van der Waals surface area contributed by atoms with Crippen molar-refractivity contribution < 1.29 is 8.78 Å². The number of para-hydroxylation sites is 5. The summed E-state index contributed by atoms with van der Waals surface area (Å²) in [4.78, 5) is 1.64. The van der Waals surface area contributed by atoms with Crippen LogP contribution in [0.5, 0.6) is 0 Å².